The van der Waals surface area contributed by atoms with Crippen LogP contribution in [0.25, 0.3) is 0 Å². The Morgan fingerprint density at radius 1 is 1.04 bits per heavy atom. The van der Waals surface area contributed by atoms with Gasteiger partial charge in [0.1, 0.15) is 11.4 Å². The lowest BCUT2D eigenvalue weighted by Gasteiger charge is -2.26. The number of aliphatic hydroxyl groups is 1. The van der Waals surface area contributed by atoms with Gasteiger partial charge in [0.15, 0.2) is 0 Å². The number of thiophene rings is 2. The number of nitrogens with one attached hydrogen (secondary N) is 2. The van der Waals surface area contributed by atoms with Gasteiger partial charge in [-0.05, 0) is 46.0 Å². The van der Waals surface area contributed by atoms with Crippen LogP contribution < -0.4 is 10.6 Å². The lowest BCUT2D eigenvalue weighted by Crippen LogP contribution is -2.46. The number of halogens is 1. The van der Waals surface area contributed by atoms with Crippen molar-refractivity contribution in [3.05, 3.63) is 80.4 Å². The van der Waals surface area contributed by atoms with Gasteiger partial charge in [0.2, 0.25) is 0 Å². The largest absolute Gasteiger partial charge is 0.378 e. The van der Waals surface area contributed by atoms with E-state index in [9.17, 15) is 19.1 Å². The van der Waals surface area contributed by atoms with Crippen molar-refractivity contribution in [2.75, 3.05) is 6.54 Å². The van der Waals surface area contributed by atoms with Crippen LogP contribution in [0, 0.1) is 5.82 Å². The van der Waals surface area contributed by atoms with Gasteiger partial charge in [-0.2, -0.15) is 11.3 Å². The molecule has 2 amide bonds. The Hall–Kier alpha value is -2.55. The van der Waals surface area contributed by atoms with E-state index in [0.717, 1.165) is 0 Å². The van der Waals surface area contributed by atoms with E-state index in [1.165, 1.54) is 46.9 Å². The third-order valence-electron chi connectivity index (χ3n) is 4.00. The summed E-state index contributed by atoms with van der Waals surface area (Å²) in [5.41, 5.74) is -0.0750. The maximum Gasteiger partial charge on any atom is 0.309 e. The van der Waals surface area contributed by atoms with Gasteiger partial charge in [-0.15, -0.1) is 11.3 Å². The molecule has 0 saturated heterocycles. The minimum absolute atomic E-state index is 0.103. The molecule has 3 rings (SSSR count). The van der Waals surface area contributed by atoms with Gasteiger partial charge in [-0.25, -0.2) is 4.39 Å². The highest BCUT2D eigenvalue weighted by Crippen LogP contribution is 2.33. The van der Waals surface area contributed by atoms with Crippen LogP contribution >= 0.6 is 22.7 Å². The number of carbonyl (C=O) groups excluding carboxylic acids is 2. The first-order valence-corrected chi connectivity index (χ1v) is 9.91. The molecule has 0 fully saturated rings. The first-order chi connectivity index (χ1) is 13.0. The molecule has 3 aromatic rings. The lowest BCUT2D eigenvalue weighted by molar-refractivity contribution is -0.139. The molecule has 0 aliphatic rings. The molecule has 0 aliphatic carbocycles. The van der Waals surface area contributed by atoms with Crippen molar-refractivity contribution in [2.24, 2.45) is 0 Å². The molecule has 140 valence electrons. The zero-order valence-electron chi connectivity index (χ0n) is 14.1. The average molecular weight is 404 g/mol. The molecule has 2 heterocycles. The van der Waals surface area contributed by atoms with Crippen molar-refractivity contribution in [3.63, 3.8) is 0 Å². The summed E-state index contributed by atoms with van der Waals surface area (Å²) in [4.78, 5) is 24.8. The number of hydrogen-bond acceptors (Lipinski definition) is 5. The van der Waals surface area contributed by atoms with Crippen LogP contribution in [0.1, 0.15) is 16.0 Å². The molecule has 27 heavy (non-hydrogen) atoms. The van der Waals surface area contributed by atoms with Gasteiger partial charge in [-0.3, -0.25) is 9.59 Å². The molecular formula is C19H17FN2O3S2. The van der Waals surface area contributed by atoms with E-state index in [1.54, 1.807) is 17.5 Å². The van der Waals surface area contributed by atoms with Gasteiger partial charge in [0.05, 0.1) is 6.54 Å². The fourth-order valence-corrected chi connectivity index (χ4v) is 4.07. The number of rotatable bonds is 6. The fourth-order valence-electron chi connectivity index (χ4n) is 2.50. The number of amides is 2. The maximum atomic E-state index is 12.9. The van der Waals surface area contributed by atoms with E-state index in [1.807, 2.05) is 16.8 Å². The van der Waals surface area contributed by atoms with Crippen molar-refractivity contribution in [3.8, 4) is 0 Å². The zero-order chi connectivity index (χ0) is 19.3. The average Bonchev–Trinajstić information content (AvgIpc) is 3.39. The van der Waals surface area contributed by atoms with Crippen molar-refractivity contribution in [1.29, 1.82) is 0 Å². The summed E-state index contributed by atoms with van der Waals surface area (Å²) in [5.74, 6) is -2.04. The Bertz CT molecular complexity index is 859. The van der Waals surface area contributed by atoms with Crippen LogP contribution in [0.5, 0.6) is 0 Å². The van der Waals surface area contributed by atoms with E-state index < -0.39 is 17.4 Å². The van der Waals surface area contributed by atoms with E-state index in [0.29, 0.717) is 16.0 Å². The van der Waals surface area contributed by atoms with Crippen molar-refractivity contribution < 1.29 is 19.1 Å². The van der Waals surface area contributed by atoms with Crippen LogP contribution in [0.3, 0.4) is 0 Å². The summed E-state index contributed by atoms with van der Waals surface area (Å²) in [7, 11) is 0. The first-order valence-electron chi connectivity index (χ1n) is 8.08. The molecule has 1 atom stereocenters. The monoisotopic (exact) mass is 404 g/mol. The summed E-state index contributed by atoms with van der Waals surface area (Å²) in [6.45, 7) is -0.0285. The van der Waals surface area contributed by atoms with E-state index in [2.05, 4.69) is 10.6 Å². The second-order valence-corrected chi connectivity index (χ2v) is 7.57. The van der Waals surface area contributed by atoms with Crippen molar-refractivity contribution >= 4 is 34.5 Å². The topological polar surface area (TPSA) is 78.4 Å². The molecule has 0 saturated carbocycles. The molecule has 0 bridgehead atoms. The van der Waals surface area contributed by atoms with Gasteiger partial charge >= 0.3 is 11.8 Å². The van der Waals surface area contributed by atoms with Gasteiger partial charge < -0.3 is 15.7 Å². The Morgan fingerprint density at radius 3 is 2.41 bits per heavy atom. The normalized spacial score (nSPS) is 13.0. The molecule has 0 aliphatic heterocycles. The summed E-state index contributed by atoms with van der Waals surface area (Å²) >= 11 is 2.81. The second kappa shape index (κ2) is 8.43. The summed E-state index contributed by atoms with van der Waals surface area (Å²) in [6.07, 6.45) is 0. The van der Waals surface area contributed by atoms with Crippen LogP contribution in [0.2, 0.25) is 0 Å². The molecule has 0 radical (unpaired) electrons. The minimum atomic E-state index is -1.40. The van der Waals surface area contributed by atoms with Crippen LogP contribution in [0.15, 0.2) is 58.6 Å². The van der Waals surface area contributed by atoms with Crippen LogP contribution in [-0.4, -0.2) is 23.5 Å². The highest BCUT2D eigenvalue weighted by molar-refractivity contribution is 7.10. The third kappa shape index (κ3) is 4.60. The summed E-state index contributed by atoms with van der Waals surface area (Å²) in [6, 6.07) is 11.0. The van der Waals surface area contributed by atoms with Crippen molar-refractivity contribution in [1.82, 2.24) is 10.6 Å². The number of hydrogen-bond donors (Lipinski definition) is 3. The highest BCUT2D eigenvalue weighted by atomic mass is 32.1. The highest BCUT2D eigenvalue weighted by Gasteiger charge is 2.34. The maximum absolute atomic E-state index is 12.9. The number of benzene rings is 1. The summed E-state index contributed by atoms with van der Waals surface area (Å²) < 4.78 is 12.9. The Kier molecular flexibility index (Phi) is 6.00. The molecular weight excluding hydrogens is 387 g/mol. The second-order valence-electron chi connectivity index (χ2n) is 5.84. The van der Waals surface area contributed by atoms with Gasteiger partial charge in [0.25, 0.3) is 0 Å². The van der Waals surface area contributed by atoms with E-state index >= 15 is 0 Å². The Labute approximate surface area is 163 Å². The molecule has 1 aromatic carbocycles. The Morgan fingerprint density at radius 2 is 1.78 bits per heavy atom. The minimum Gasteiger partial charge on any atom is -0.378 e. The van der Waals surface area contributed by atoms with Crippen LogP contribution in [0.4, 0.5) is 4.39 Å². The third-order valence-corrected chi connectivity index (χ3v) is 5.71. The fraction of sp³-hybridized carbons (Fsp3) is 0.158. The van der Waals surface area contributed by atoms with Crippen LogP contribution in [-0.2, 0) is 21.7 Å². The SMILES string of the molecule is O=C(NCc1ccc(F)cc1)C(=O)NC[C@@](O)(c1ccsc1)c1cccs1. The molecule has 8 heteroatoms. The van der Waals surface area contributed by atoms with Crippen molar-refractivity contribution in [2.45, 2.75) is 12.1 Å². The molecule has 2 aromatic heterocycles. The first kappa shape index (κ1) is 19.2. The zero-order valence-corrected chi connectivity index (χ0v) is 15.8. The standard InChI is InChI=1S/C19H17FN2O3S2/c20-15-5-3-13(4-6-15)10-21-17(23)18(24)22-12-19(25,14-7-9-26-11-14)16-2-1-8-27-16/h1-9,11,25H,10,12H2,(H,21,23)(H,22,24)/t19-/m1/s1. The smallest absolute Gasteiger partial charge is 0.309 e. The Balaban J connectivity index is 1.61. The molecule has 0 unspecified atom stereocenters. The predicted octanol–water partition coefficient (Wildman–Crippen LogP) is 2.62. The molecule has 3 N–H and O–H groups in total. The lowest BCUT2D eigenvalue weighted by atomic mass is 9.94. The van der Waals surface area contributed by atoms with E-state index in [4.69, 9.17) is 0 Å². The number of carbonyl (C=O) groups is 2. The quantitative estimate of drug-likeness (QED) is 0.553. The van der Waals surface area contributed by atoms with E-state index in [-0.39, 0.29) is 18.9 Å². The summed E-state index contributed by atoms with van der Waals surface area (Å²) in [5, 5.41) is 21.6. The predicted molar refractivity (Wildman–Crippen MR) is 103 cm³/mol. The molecule has 5 nitrogen and oxygen atoms in total. The molecule has 0 spiro atoms. The van der Waals surface area contributed by atoms with Gasteiger partial charge in [0, 0.05) is 17.0 Å². The van der Waals surface area contributed by atoms with Gasteiger partial charge in [-0.1, -0.05) is 18.2 Å².